The summed E-state index contributed by atoms with van der Waals surface area (Å²) >= 11 is 0. The first-order valence-electron chi connectivity index (χ1n) is 13.3. The van der Waals surface area contributed by atoms with E-state index in [9.17, 15) is 0 Å². The van der Waals surface area contributed by atoms with Crippen LogP contribution < -0.4 is 0 Å². The Morgan fingerprint density at radius 3 is 2.62 bits per heavy atom. The van der Waals surface area contributed by atoms with Crippen LogP contribution in [0.1, 0.15) is 98.8 Å². The molecular weight excluding hydrogens is 348 g/mol. The van der Waals surface area contributed by atoms with Gasteiger partial charge in [-0.05, 0) is 122 Å². The first-order valence-corrected chi connectivity index (χ1v) is 13.3. The van der Waals surface area contributed by atoms with E-state index in [1.165, 1.54) is 44.9 Å². The van der Waals surface area contributed by atoms with Crippen molar-refractivity contribution in [2.45, 2.75) is 98.8 Å². The van der Waals surface area contributed by atoms with Crippen molar-refractivity contribution >= 4 is 0 Å². The summed E-state index contributed by atoms with van der Waals surface area (Å²) in [6, 6.07) is 0. The van der Waals surface area contributed by atoms with Gasteiger partial charge < -0.3 is 0 Å². The Hall–Kier alpha value is -0.520. The fourth-order valence-electron chi connectivity index (χ4n) is 9.48. The number of allylic oxidation sites excluding steroid dienone is 4. The number of hydrogen-bond donors (Lipinski definition) is 0. The third-order valence-electron chi connectivity index (χ3n) is 11.2. The molecule has 4 fully saturated rings. The van der Waals surface area contributed by atoms with Crippen molar-refractivity contribution in [1.29, 1.82) is 0 Å². The SMILES string of the molecule is CC[C@H](/C=C/[C@H]1C[C@]23CCC4[C@@H](CC=C5CC(C)CCC54C)C2CCC13)C(C)C. The van der Waals surface area contributed by atoms with Crippen LogP contribution >= 0.6 is 0 Å². The molecule has 5 rings (SSSR count). The third kappa shape index (κ3) is 2.97. The minimum atomic E-state index is 0.559. The molecule has 0 aliphatic heterocycles. The summed E-state index contributed by atoms with van der Waals surface area (Å²) in [6.45, 7) is 12.3. The molecule has 0 heteroatoms. The summed E-state index contributed by atoms with van der Waals surface area (Å²) in [7, 11) is 0. The molecule has 0 amide bonds. The maximum atomic E-state index is 2.76. The molecule has 0 aromatic carbocycles. The first kappa shape index (κ1) is 20.4. The van der Waals surface area contributed by atoms with Crippen LogP contribution in [0.3, 0.4) is 0 Å². The Morgan fingerprint density at radius 2 is 1.86 bits per heavy atom. The highest BCUT2D eigenvalue weighted by Crippen LogP contribution is 2.73. The maximum Gasteiger partial charge on any atom is -0.00851 e. The molecule has 0 aromatic rings. The molecule has 0 aromatic heterocycles. The van der Waals surface area contributed by atoms with Crippen LogP contribution in [0.2, 0.25) is 0 Å². The van der Waals surface area contributed by atoms with Gasteiger partial charge in [-0.25, -0.2) is 0 Å². The highest BCUT2D eigenvalue weighted by atomic mass is 14.7. The fourth-order valence-corrected chi connectivity index (χ4v) is 9.48. The van der Waals surface area contributed by atoms with E-state index in [1.807, 2.05) is 5.57 Å². The topological polar surface area (TPSA) is 0 Å². The number of fused-ring (bicyclic) bond motifs is 4. The van der Waals surface area contributed by atoms with E-state index < -0.39 is 0 Å². The van der Waals surface area contributed by atoms with E-state index in [2.05, 4.69) is 52.8 Å². The molecule has 0 heterocycles. The predicted molar refractivity (Wildman–Crippen MR) is 125 cm³/mol. The van der Waals surface area contributed by atoms with Crippen LogP contribution in [0.15, 0.2) is 23.8 Å². The van der Waals surface area contributed by atoms with Crippen LogP contribution in [0.5, 0.6) is 0 Å². The van der Waals surface area contributed by atoms with Crippen molar-refractivity contribution in [2.75, 3.05) is 0 Å². The monoisotopic (exact) mass is 394 g/mol. The van der Waals surface area contributed by atoms with Crippen molar-refractivity contribution in [2.24, 2.45) is 58.2 Å². The normalized spacial score (nSPS) is 49.7. The van der Waals surface area contributed by atoms with Crippen LogP contribution in [0.25, 0.3) is 0 Å². The van der Waals surface area contributed by atoms with E-state index >= 15 is 0 Å². The molecule has 5 aliphatic rings. The van der Waals surface area contributed by atoms with E-state index in [-0.39, 0.29) is 0 Å². The lowest BCUT2D eigenvalue weighted by Gasteiger charge is -2.63. The molecule has 1 spiro atoms. The lowest BCUT2D eigenvalue weighted by atomic mass is 9.41. The highest BCUT2D eigenvalue weighted by molar-refractivity contribution is 5.27. The minimum absolute atomic E-state index is 0.559. The standard InChI is InChI=1S/C29H46/c1-6-21(19(2)3)7-8-22-18-29-16-14-26-24(27(29)12-11-25(22)29)10-9-23-17-20(4)13-15-28(23,26)5/h7-9,19-22,24-27H,6,10-18H2,1-5H3/b8-7+/t20?,21-,22+,24-,25?,26?,27?,28?,29+/m1/s1. The molecule has 5 unspecified atom stereocenters. The molecule has 0 nitrogen and oxygen atoms in total. The summed E-state index contributed by atoms with van der Waals surface area (Å²) < 4.78 is 0. The Labute approximate surface area is 181 Å². The smallest absolute Gasteiger partial charge is 0.00851 e. The van der Waals surface area contributed by atoms with Crippen LogP contribution in [0, 0.1) is 58.2 Å². The van der Waals surface area contributed by atoms with Gasteiger partial charge in [0.1, 0.15) is 0 Å². The number of hydrogen-bond acceptors (Lipinski definition) is 0. The Balaban J connectivity index is 1.32. The van der Waals surface area contributed by atoms with Crippen molar-refractivity contribution in [3.63, 3.8) is 0 Å². The van der Waals surface area contributed by atoms with E-state index in [1.54, 1.807) is 19.3 Å². The quantitative estimate of drug-likeness (QED) is 0.420. The molecule has 5 aliphatic carbocycles. The van der Waals surface area contributed by atoms with Gasteiger partial charge in [0.25, 0.3) is 0 Å². The molecule has 9 atom stereocenters. The molecule has 0 radical (unpaired) electrons. The van der Waals surface area contributed by atoms with Gasteiger partial charge in [-0.2, -0.15) is 0 Å². The summed E-state index contributed by atoms with van der Waals surface area (Å²) in [5.41, 5.74) is 3.18. The van der Waals surface area contributed by atoms with Gasteiger partial charge in [-0.1, -0.05) is 58.4 Å². The highest BCUT2D eigenvalue weighted by Gasteiger charge is 2.65. The zero-order valence-corrected chi connectivity index (χ0v) is 19.9. The van der Waals surface area contributed by atoms with Crippen LogP contribution in [-0.2, 0) is 0 Å². The Kier molecular flexibility index (Phi) is 5.11. The van der Waals surface area contributed by atoms with Crippen LogP contribution in [-0.4, -0.2) is 0 Å². The van der Waals surface area contributed by atoms with Crippen molar-refractivity contribution in [3.05, 3.63) is 23.8 Å². The minimum Gasteiger partial charge on any atom is -0.0849 e. The Morgan fingerprint density at radius 1 is 1.07 bits per heavy atom. The van der Waals surface area contributed by atoms with Crippen LogP contribution in [0.4, 0.5) is 0 Å². The van der Waals surface area contributed by atoms with E-state index in [0.717, 1.165) is 52.8 Å². The summed E-state index contributed by atoms with van der Waals surface area (Å²) in [4.78, 5) is 0. The maximum absolute atomic E-state index is 2.76. The van der Waals surface area contributed by atoms with E-state index in [4.69, 9.17) is 0 Å². The molecule has 4 saturated carbocycles. The van der Waals surface area contributed by atoms with Crippen molar-refractivity contribution < 1.29 is 0 Å². The van der Waals surface area contributed by atoms with Gasteiger partial charge in [-0.15, -0.1) is 0 Å². The Bertz CT molecular complexity index is 682. The predicted octanol–water partition coefficient (Wildman–Crippen LogP) is 8.44. The average molecular weight is 395 g/mol. The average Bonchev–Trinajstić information content (AvgIpc) is 2.98. The molecule has 162 valence electrons. The molecule has 29 heavy (non-hydrogen) atoms. The number of rotatable bonds is 4. The van der Waals surface area contributed by atoms with Gasteiger partial charge >= 0.3 is 0 Å². The zero-order chi connectivity index (χ0) is 20.4. The summed E-state index contributed by atoms with van der Waals surface area (Å²) in [6.07, 6.45) is 22.8. The second-order valence-electron chi connectivity index (χ2n) is 12.6. The summed E-state index contributed by atoms with van der Waals surface area (Å²) in [5, 5.41) is 0. The molecule has 0 N–H and O–H groups in total. The second-order valence-corrected chi connectivity index (χ2v) is 12.6. The lowest BCUT2D eigenvalue weighted by Crippen LogP contribution is -2.56. The molecular formula is C29H46. The largest absolute Gasteiger partial charge is 0.0849 e. The molecule has 0 bridgehead atoms. The first-order chi connectivity index (χ1) is 13.9. The van der Waals surface area contributed by atoms with E-state index in [0.29, 0.717) is 5.41 Å². The third-order valence-corrected chi connectivity index (χ3v) is 11.2. The van der Waals surface area contributed by atoms with Gasteiger partial charge in [0.2, 0.25) is 0 Å². The lowest BCUT2D eigenvalue weighted by molar-refractivity contribution is -0.116. The van der Waals surface area contributed by atoms with Crippen molar-refractivity contribution in [3.8, 4) is 0 Å². The van der Waals surface area contributed by atoms with Crippen molar-refractivity contribution in [1.82, 2.24) is 0 Å². The van der Waals surface area contributed by atoms with Gasteiger partial charge in [0.05, 0.1) is 0 Å². The summed E-state index contributed by atoms with van der Waals surface area (Å²) in [5.74, 6) is 7.51. The van der Waals surface area contributed by atoms with Gasteiger partial charge in [-0.3, -0.25) is 0 Å². The van der Waals surface area contributed by atoms with Gasteiger partial charge in [0, 0.05) is 0 Å². The van der Waals surface area contributed by atoms with Gasteiger partial charge in [0.15, 0.2) is 0 Å². The second kappa shape index (κ2) is 7.27. The molecule has 0 saturated heterocycles. The zero-order valence-electron chi connectivity index (χ0n) is 19.9. The fraction of sp³-hybridized carbons (Fsp3) is 0.862.